The summed E-state index contributed by atoms with van der Waals surface area (Å²) in [7, 11) is 0. The first-order valence-electron chi connectivity index (χ1n) is 2.04. The van der Waals surface area contributed by atoms with E-state index >= 15 is 0 Å². The van der Waals surface area contributed by atoms with Crippen molar-refractivity contribution in [2.24, 2.45) is 0 Å². The molecule has 0 radical (unpaired) electrons. The van der Waals surface area contributed by atoms with Gasteiger partial charge in [-0.1, -0.05) is 6.58 Å². The molecule has 0 rings (SSSR count). The lowest BCUT2D eigenvalue weighted by Crippen LogP contribution is -1.93. The van der Waals surface area contributed by atoms with E-state index in [1.807, 2.05) is 0 Å². The topological polar surface area (TPSA) is 49.3 Å². The first-order valence-corrected chi connectivity index (χ1v) is 2.04. The Labute approximate surface area is 47.3 Å². The van der Waals surface area contributed by atoms with Crippen LogP contribution in [0.3, 0.4) is 0 Å². The van der Waals surface area contributed by atoms with E-state index in [1.165, 1.54) is 12.4 Å². The Morgan fingerprint density at radius 3 is 2.75 bits per heavy atom. The maximum Gasteiger partial charge on any atom is 0.329 e. The molecule has 0 unspecified atom stereocenters. The molecular formula is C5H7NO2. The van der Waals surface area contributed by atoms with Crippen molar-refractivity contribution in [1.82, 2.24) is 5.32 Å². The van der Waals surface area contributed by atoms with Gasteiger partial charge in [-0.2, -0.15) is 0 Å². The third-order valence-electron chi connectivity index (χ3n) is 0.440. The third kappa shape index (κ3) is 4.75. The van der Waals surface area contributed by atoms with E-state index in [2.05, 4.69) is 11.9 Å². The smallest absolute Gasteiger partial charge is 0.329 e. The average molecular weight is 113 g/mol. The van der Waals surface area contributed by atoms with Crippen LogP contribution in [0.5, 0.6) is 0 Å². The summed E-state index contributed by atoms with van der Waals surface area (Å²) in [6.45, 7) is 3.30. The van der Waals surface area contributed by atoms with E-state index in [0.29, 0.717) is 0 Å². The van der Waals surface area contributed by atoms with Gasteiger partial charge in [0.15, 0.2) is 0 Å². The molecule has 0 heterocycles. The molecule has 0 aliphatic carbocycles. The molecule has 0 saturated carbocycles. The van der Waals surface area contributed by atoms with Crippen LogP contribution in [-0.4, -0.2) is 11.1 Å². The van der Waals surface area contributed by atoms with Gasteiger partial charge in [0, 0.05) is 12.3 Å². The van der Waals surface area contributed by atoms with Gasteiger partial charge in [-0.25, -0.2) is 4.79 Å². The SMILES string of the molecule is C=CNC=CC(=O)O. The molecule has 8 heavy (non-hydrogen) atoms. The predicted molar refractivity (Wildman–Crippen MR) is 30.1 cm³/mol. The van der Waals surface area contributed by atoms with Gasteiger partial charge in [0.1, 0.15) is 0 Å². The van der Waals surface area contributed by atoms with Crippen LogP contribution in [0.15, 0.2) is 25.1 Å². The molecule has 0 aliphatic heterocycles. The summed E-state index contributed by atoms with van der Waals surface area (Å²) in [5, 5.41) is 10.5. The van der Waals surface area contributed by atoms with Crippen LogP contribution in [0.2, 0.25) is 0 Å². The minimum absolute atomic E-state index is 0.973. The standard InChI is InChI=1S/C5H7NO2/c1-2-6-4-3-5(7)8/h2-4,6H,1H2,(H,7,8). The van der Waals surface area contributed by atoms with Gasteiger partial charge >= 0.3 is 5.97 Å². The second-order valence-electron chi connectivity index (χ2n) is 1.04. The molecule has 0 fully saturated rings. The number of hydrogen-bond acceptors (Lipinski definition) is 2. The van der Waals surface area contributed by atoms with Crippen LogP contribution in [0.1, 0.15) is 0 Å². The Balaban J connectivity index is 3.34. The molecule has 2 N–H and O–H groups in total. The summed E-state index contributed by atoms with van der Waals surface area (Å²) >= 11 is 0. The van der Waals surface area contributed by atoms with Crippen molar-refractivity contribution in [3.63, 3.8) is 0 Å². The first-order chi connectivity index (χ1) is 3.77. The monoisotopic (exact) mass is 113 g/mol. The van der Waals surface area contributed by atoms with E-state index in [9.17, 15) is 4.79 Å². The number of rotatable bonds is 3. The molecule has 3 nitrogen and oxygen atoms in total. The average Bonchev–Trinajstić information content (AvgIpc) is 1.66. The number of carbonyl (C=O) groups is 1. The predicted octanol–water partition coefficient (Wildman–Crippen LogP) is 0.318. The fourth-order valence-electron chi connectivity index (χ4n) is 0.187. The largest absolute Gasteiger partial charge is 0.478 e. The Bertz CT molecular complexity index is 118. The number of carboxylic acid groups (broad SMARTS) is 1. The quantitative estimate of drug-likeness (QED) is 0.518. The summed E-state index contributed by atoms with van der Waals surface area (Å²) in [6.07, 6.45) is 3.66. The molecule has 0 bridgehead atoms. The van der Waals surface area contributed by atoms with Crippen molar-refractivity contribution in [2.45, 2.75) is 0 Å². The lowest BCUT2D eigenvalue weighted by molar-refractivity contribution is -0.131. The van der Waals surface area contributed by atoms with E-state index in [1.54, 1.807) is 0 Å². The van der Waals surface area contributed by atoms with Crippen molar-refractivity contribution >= 4 is 5.97 Å². The third-order valence-corrected chi connectivity index (χ3v) is 0.440. The van der Waals surface area contributed by atoms with Crippen molar-refractivity contribution < 1.29 is 9.90 Å². The van der Waals surface area contributed by atoms with Gasteiger partial charge in [0.25, 0.3) is 0 Å². The Kier molecular flexibility index (Phi) is 3.31. The summed E-state index contributed by atoms with van der Waals surface area (Å²) < 4.78 is 0. The molecule has 0 aromatic carbocycles. The molecule has 44 valence electrons. The van der Waals surface area contributed by atoms with E-state index in [-0.39, 0.29) is 0 Å². The molecular weight excluding hydrogens is 106 g/mol. The van der Waals surface area contributed by atoms with Crippen LogP contribution in [0.25, 0.3) is 0 Å². The molecule has 0 aromatic heterocycles. The van der Waals surface area contributed by atoms with E-state index < -0.39 is 5.97 Å². The summed E-state index contributed by atoms with van der Waals surface area (Å²) in [5.41, 5.74) is 0. The molecule has 0 aromatic rings. The molecule has 0 spiro atoms. The highest BCUT2D eigenvalue weighted by Gasteiger charge is 1.79. The zero-order chi connectivity index (χ0) is 6.41. The van der Waals surface area contributed by atoms with Crippen LogP contribution >= 0.6 is 0 Å². The maximum absolute atomic E-state index is 9.71. The highest BCUT2D eigenvalue weighted by Crippen LogP contribution is 1.65. The van der Waals surface area contributed by atoms with Gasteiger partial charge < -0.3 is 10.4 Å². The normalized spacial score (nSPS) is 9.00. The Morgan fingerprint density at radius 1 is 1.75 bits per heavy atom. The van der Waals surface area contributed by atoms with Crippen molar-refractivity contribution in [2.75, 3.05) is 0 Å². The highest BCUT2D eigenvalue weighted by molar-refractivity contribution is 5.79. The summed E-state index contributed by atoms with van der Waals surface area (Å²) in [6, 6.07) is 0. The summed E-state index contributed by atoms with van der Waals surface area (Å²) in [5.74, 6) is -0.973. The van der Waals surface area contributed by atoms with Crippen molar-refractivity contribution in [3.8, 4) is 0 Å². The minimum Gasteiger partial charge on any atom is -0.478 e. The Morgan fingerprint density at radius 2 is 2.38 bits per heavy atom. The van der Waals surface area contributed by atoms with Crippen LogP contribution in [0, 0.1) is 0 Å². The second kappa shape index (κ2) is 3.92. The molecule has 0 aliphatic rings. The van der Waals surface area contributed by atoms with Crippen molar-refractivity contribution in [3.05, 3.63) is 25.1 Å². The lowest BCUT2D eigenvalue weighted by Gasteiger charge is -1.81. The van der Waals surface area contributed by atoms with Gasteiger partial charge in [0.05, 0.1) is 0 Å². The van der Waals surface area contributed by atoms with Crippen LogP contribution in [0.4, 0.5) is 0 Å². The van der Waals surface area contributed by atoms with Gasteiger partial charge in [-0.15, -0.1) is 0 Å². The zero-order valence-corrected chi connectivity index (χ0v) is 4.29. The molecule has 0 atom stereocenters. The van der Waals surface area contributed by atoms with E-state index in [4.69, 9.17) is 5.11 Å². The lowest BCUT2D eigenvalue weighted by atomic mass is 10.6. The van der Waals surface area contributed by atoms with Gasteiger partial charge in [-0.3, -0.25) is 0 Å². The fraction of sp³-hybridized carbons (Fsp3) is 0. The van der Waals surface area contributed by atoms with E-state index in [0.717, 1.165) is 6.08 Å². The molecule has 0 amide bonds. The minimum atomic E-state index is -0.973. The first kappa shape index (κ1) is 6.75. The van der Waals surface area contributed by atoms with Gasteiger partial charge in [-0.05, 0) is 6.20 Å². The van der Waals surface area contributed by atoms with Gasteiger partial charge in [0.2, 0.25) is 0 Å². The number of carboxylic acids is 1. The summed E-state index contributed by atoms with van der Waals surface area (Å²) in [4.78, 5) is 9.71. The Hall–Kier alpha value is -1.25. The zero-order valence-electron chi connectivity index (χ0n) is 4.29. The fourth-order valence-corrected chi connectivity index (χ4v) is 0.187. The van der Waals surface area contributed by atoms with Crippen molar-refractivity contribution in [1.29, 1.82) is 0 Å². The van der Waals surface area contributed by atoms with Crippen LogP contribution in [-0.2, 0) is 4.79 Å². The number of hydrogen-bond donors (Lipinski definition) is 2. The second-order valence-corrected chi connectivity index (χ2v) is 1.04. The number of nitrogens with one attached hydrogen (secondary N) is 1. The number of aliphatic carboxylic acids is 1. The van der Waals surface area contributed by atoms with Crippen LogP contribution < -0.4 is 5.32 Å². The highest BCUT2D eigenvalue weighted by atomic mass is 16.4. The molecule has 3 heteroatoms. The maximum atomic E-state index is 9.71. The molecule has 0 saturated heterocycles.